The zero-order valence-electron chi connectivity index (χ0n) is 14.1. The molecule has 2 aromatic rings. The average Bonchev–Trinajstić information content (AvgIpc) is 2.93. The van der Waals surface area contributed by atoms with Gasteiger partial charge < -0.3 is 5.32 Å². The molecular weight excluding hydrogens is 398 g/mol. The number of hydrogen-bond donors (Lipinski definition) is 1. The fourth-order valence-corrected chi connectivity index (χ4v) is 4.66. The highest BCUT2D eigenvalue weighted by Gasteiger charge is 2.22. The summed E-state index contributed by atoms with van der Waals surface area (Å²) in [5, 5.41) is 13.1. The molecule has 1 heterocycles. The van der Waals surface area contributed by atoms with E-state index in [0.717, 1.165) is 39.9 Å². The monoisotopic (exact) mass is 417 g/mol. The molecule has 0 saturated carbocycles. The Morgan fingerprint density at radius 2 is 2.04 bits per heavy atom. The molecule has 1 aliphatic rings. The molecule has 130 valence electrons. The van der Waals surface area contributed by atoms with Crippen molar-refractivity contribution in [2.75, 3.05) is 18.9 Å². The molecule has 1 aliphatic carbocycles. The van der Waals surface area contributed by atoms with Crippen molar-refractivity contribution in [2.45, 2.75) is 32.2 Å². The highest BCUT2D eigenvalue weighted by molar-refractivity contribution is 9.10. The molecule has 6 heteroatoms. The maximum absolute atomic E-state index is 12.4. The van der Waals surface area contributed by atoms with E-state index in [-0.39, 0.29) is 5.91 Å². The Hall–Kier alpha value is -1.68. The Labute approximate surface area is 160 Å². The number of nitriles is 1. The number of benzene rings is 1. The Bertz CT molecular complexity index is 807. The van der Waals surface area contributed by atoms with Gasteiger partial charge in [-0.05, 0) is 56.0 Å². The summed E-state index contributed by atoms with van der Waals surface area (Å²) in [6, 6.07) is 10.4. The van der Waals surface area contributed by atoms with Crippen molar-refractivity contribution in [1.29, 1.82) is 5.26 Å². The van der Waals surface area contributed by atoms with Crippen molar-refractivity contribution in [1.82, 2.24) is 4.90 Å². The van der Waals surface area contributed by atoms with Crippen molar-refractivity contribution in [3.05, 3.63) is 50.3 Å². The number of nitrogens with one attached hydrogen (secondary N) is 1. The van der Waals surface area contributed by atoms with E-state index in [1.165, 1.54) is 11.3 Å². The van der Waals surface area contributed by atoms with Crippen LogP contribution in [-0.4, -0.2) is 24.4 Å². The lowest BCUT2D eigenvalue weighted by Gasteiger charge is -2.16. The predicted octanol–water partition coefficient (Wildman–Crippen LogP) is 4.33. The number of nitrogens with zero attached hydrogens (tertiary/aromatic N) is 2. The summed E-state index contributed by atoms with van der Waals surface area (Å²) >= 11 is 4.99. The van der Waals surface area contributed by atoms with Crippen LogP contribution in [0.2, 0.25) is 0 Å². The minimum absolute atomic E-state index is 0.0743. The maximum Gasteiger partial charge on any atom is 0.239 e. The molecule has 4 nitrogen and oxygen atoms in total. The van der Waals surface area contributed by atoms with Crippen molar-refractivity contribution in [3.63, 3.8) is 0 Å². The third-order valence-corrected chi connectivity index (χ3v) is 6.05. The summed E-state index contributed by atoms with van der Waals surface area (Å²) in [4.78, 5) is 15.6. The smallest absolute Gasteiger partial charge is 0.239 e. The van der Waals surface area contributed by atoms with Crippen LogP contribution in [-0.2, 0) is 24.2 Å². The first kappa shape index (κ1) is 18.1. The fourth-order valence-electron chi connectivity index (χ4n) is 3.14. The standard InChI is InChI=1S/C19H20BrN3OS/c1-23(11-13-6-8-14(20)9-7-13)12-18(24)22-19-16(10-21)15-4-2-3-5-17(15)25-19/h6-9H,2-5,11-12H2,1H3,(H,22,24). The van der Waals surface area contributed by atoms with Crippen molar-refractivity contribution in [3.8, 4) is 6.07 Å². The predicted molar refractivity (Wildman–Crippen MR) is 105 cm³/mol. The van der Waals surface area contributed by atoms with Crippen LogP contribution in [0.15, 0.2) is 28.7 Å². The molecule has 25 heavy (non-hydrogen) atoms. The fraction of sp³-hybridized carbons (Fsp3) is 0.368. The Kier molecular flexibility index (Phi) is 5.89. The largest absolute Gasteiger partial charge is 0.315 e. The van der Waals surface area contributed by atoms with Gasteiger partial charge in [-0.2, -0.15) is 5.26 Å². The van der Waals surface area contributed by atoms with Crippen molar-refractivity contribution in [2.24, 2.45) is 0 Å². The normalized spacial score (nSPS) is 13.4. The first-order valence-electron chi connectivity index (χ1n) is 8.34. The second-order valence-electron chi connectivity index (χ2n) is 6.37. The number of amides is 1. The summed E-state index contributed by atoms with van der Waals surface area (Å²) in [5.74, 6) is -0.0743. The molecule has 0 bridgehead atoms. The molecule has 3 rings (SSSR count). The molecule has 1 amide bonds. The molecular formula is C19H20BrN3OS. The maximum atomic E-state index is 12.4. The van der Waals surface area contributed by atoms with Crippen LogP contribution >= 0.6 is 27.3 Å². The van der Waals surface area contributed by atoms with Crippen LogP contribution < -0.4 is 5.32 Å². The minimum Gasteiger partial charge on any atom is -0.315 e. The zero-order chi connectivity index (χ0) is 17.8. The van der Waals surface area contributed by atoms with E-state index in [1.54, 1.807) is 11.3 Å². The minimum atomic E-state index is -0.0743. The van der Waals surface area contributed by atoms with Gasteiger partial charge in [0.05, 0.1) is 12.1 Å². The molecule has 0 radical (unpaired) electrons. The highest BCUT2D eigenvalue weighted by atomic mass is 79.9. The third-order valence-electron chi connectivity index (χ3n) is 4.32. The SMILES string of the molecule is CN(CC(=O)Nc1sc2c(c1C#N)CCCC2)Cc1ccc(Br)cc1. The van der Waals surface area contributed by atoms with E-state index < -0.39 is 0 Å². The number of carbonyl (C=O) groups is 1. The number of carbonyl (C=O) groups excluding carboxylic acids is 1. The van der Waals surface area contributed by atoms with Gasteiger partial charge in [-0.1, -0.05) is 28.1 Å². The second kappa shape index (κ2) is 8.13. The van der Waals surface area contributed by atoms with Gasteiger partial charge in [0, 0.05) is 15.9 Å². The Morgan fingerprint density at radius 1 is 1.32 bits per heavy atom. The number of hydrogen-bond acceptors (Lipinski definition) is 4. The number of thiophene rings is 1. The van der Waals surface area contributed by atoms with Crippen LogP contribution in [0, 0.1) is 11.3 Å². The summed E-state index contributed by atoms with van der Waals surface area (Å²) in [5.41, 5.74) is 2.98. The van der Waals surface area contributed by atoms with E-state index in [0.29, 0.717) is 18.7 Å². The lowest BCUT2D eigenvalue weighted by molar-refractivity contribution is -0.117. The van der Waals surface area contributed by atoms with Crippen LogP contribution in [0.4, 0.5) is 5.00 Å². The number of halogens is 1. The number of aryl methyl sites for hydroxylation is 1. The third kappa shape index (κ3) is 4.49. The molecule has 0 saturated heterocycles. The van der Waals surface area contributed by atoms with Crippen LogP contribution in [0.1, 0.15) is 34.4 Å². The lowest BCUT2D eigenvalue weighted by atomic mass is 9.96. The molecule has 0 unspecified atom stereocenters. The van der Waals surface area contributed by atoms with Gasteiger partial charge >= 0.3 is 0 Å². The Balaban J connectivity index is 1.62. The van der Waals surface area contributed by atoms with E-state index >= 15 is 0 Å². The van der Waals surface area contributed by atoms with Gasteiger partial charge in [0.15, 0.2) is 0 Å². The van der Waals surface area contributed by atoms with Gasteiger partial charge in [-0.25, -0.2) is 0 Å². The topological polar surface area (TPSA) is 56.1 Å². The van der Waals surface area contributed by atoms with Crippen LogP contribution in [0.3, 0.4) is 0 Å². The molecule has 0 spiro atoms. The summed E-state index contributed by atoms with van der Waals surface area (Å²) in [6.45, 7) is 0.996. The number of likely N-dealkylation sites (N-methyl/N-ethyl adjacent to an activating group) is 1. The molecule has 1 N–H and O–H groups in total. The number of fused-ring (bicyclic) bond motifs is 1. The lowest BCUT2D eigenvalue weighted by Crippen LogP contribution is -2.29. The second-order valence-corrected chi connectivity index (χ2v) is 8.39. The summed E-state index contributed by atoms with van der Waals surface area (Å²) in [6.07, 6.45) is 4.27. The van der Waals surface area contributed by atoms with Gasteiger partial charge in [0.25, 0.3) is 0 Å². The first-order chi connectivity index (χ1) is 12.1. The Morgan fingerprint density at radius 3 is 2.76 bits per heavy atom. The van der Waals surface area contributed by atoms with E-state index in [9.17, 15) is 10.1 Å². The van der Waals surface area contributed by atoms with Gasteiger partial charge in [0.2, 0.25) is 5.91 Å². The number of anilines is 1. The number of rotatable bonds is 5. The quantitative estimate of drug-likeness (QED) is 0.787. The van der Waals surface area contributed by atoms with Gasteiger partial charge in [0.1, 0.15) is 11.1 Å². The van der Waals surface area contributed by atoms with Crippen molar-refractivity contribution >= 4 is 38.2 Å². The highest BCUT2D eigenvalue weighted by Crippen LogP contribution is 2.37. The van der Waals surface area contributed by atoms with Crippen LogP contribution in [0.5, 0.6) is 0 Å². The molecule has 0 atom stereocenters. The van der Waals surface area contributed by atoms with Gasteiger partial charge in [-0.3, -0.25) is 9.69 Å². The van der Waals surface area contributed by atoms with Gasteiger partial charge in [-0.15, -0.1) is 11.3 Å². The van der Waals surface area contributed by atoms with E-state index in [4.69, 9.17) is 0 Å². The summed E-state index contributed by atoms with van der Waals surface area (Å²) in [7, 11) is 1.92. The summed E-state index contributed by atoms with van der Waals surface area (Å²) < 4.78 is 1.04. The van der Waals surface area contributed by atoms with E-state index in [1.807, 2.05) is 36.2 Å². The molecule has 1 aromatic heterocycles. The molecule has 1 aromatic carbocycles. The molecule has 0 fully saturated rings. The van der Waals surface area contributed by atoms with Crippen molar-refractivity contribution < 1.29 is 4.79 Å². The average molecular weight is 418 g/mol. The molecule has 0 aliphatic heterocycles. The van der Waals surface area contributed by atoms with E-state index in [2.05, 4.69) is 27.3 Å². The zero-order valence-corrected chi connectivity index (χ0v) is 16.5. The first-order valence-corrected chi connectivity index (χ1v) is 9.95. The van der Waals surface area contributed by atoms with Crippen LogP contribution in [0.25, 0.3) is 0 Å².